The standard InChI is InChI=1S/C10H7ClN2O3/c11-6-1-2-8(14)7(5-6)13-10(15)9-3-4-12-16-9/h1-5,14H,(H,13,15). The van der Waals surface area contributed by atoms with Gasteiger partial charge in [0.25, 0.3) is 5.91 Å². The summed E-state index contributed by atoms with van der Waals surface area (Å²) < 4.78 is 4.66. The molecule has 0 atom stereocenters. The van der Waals surface area contributed by atoms with E-state index in [4.69, 9.17) is 11.6 Å². The summed E-state index contributed by atoms with van der Waals surface area (Å²) in [6.45, 7) is 0. The Bertz CT molecular complexity index is 511. The van der Waals surface area contributed by atoms with Crippen LogP contribution in [-0.2, 0) is 0 Å². The zero-order valence-electron chi connectivity index (χ0n) is 7.98. The third kappa shape index (κ3) is 2.14. The summed E-state index contributed by atoms with van der Waals surface area (Å²) in [7, 11) is 0. The molecule has 0 saturated heterocycles. The van der Waals surface area contributed by atoms with Gasteiger partial charge in [0.1, 0.15) is 5.75 Å². The molecular formula is C10H7ClN2O3. The average molecular weight is 239 g/mol. The van der Waals surface area contributed by atoms with E-state index in [1.54, 1.807) is 0 Å². The number of benzene rings is 1. The first-order chi connectivity index (χ1) is 7.66. The zero-order valence-corrected chi connectivity index (χ0v) is 8.73. The van der Waals surface area contributed by atoms with Gasteiger partial charge in [-0.1, -0.05) is 16.8 Å². The maximum absolute atomic E-state index is 11.5. The number of phenols is 1. The number of amides is 1. The quantitative estimate of drug-likeness (QED) is 0.787. The summed E-state index contributed by atoms with van der Waals surface area (Å²) in [5.41, 5.74) is 0.217. The molecule has 82 valence electrons. The molecule has 2 aromatic rings. The molecule has 2 rings (SSSR count). The Morgan fingerprint density at radius 3 is 2.94 bits per heavy atom. The van der Waals surface area contributed by atoms with Gasteiger partial charge in [0.15, 0.2) is 0 Å². The van der Waals surface area contributed by atoms with Crippen molar-refractivity contribution in [1.29, 1.82) is 0 Å². The molecule has 0 aliphatic heterocycles. The molecule has 2 N–H and O–H groups in total. The first kappa shape index (κ1) is 10.5. The molecule has 1 aromatic carbocycles. The lowest BCUT2D eigenvalue weighted by molar-refractivity contribution is 0.0987. The number of nitrogens with zero attached hydrogens (tertiary/aromatic N) is 1. The van der Waals surface area contributed by atoms with Crippen molar-refractivity contribution in [2.75, 3.05) is 5.32 Å². The highest BCUT2D eigenvalue weighted by atomic mass is 35.5. The highest BCUT2D eigenvalue weighted by Gasteiger charge is 2.12. The SMILES string of the molecule is O=C(Nc1cc(Cl)ccc1O)c1ccno1. The number of aromatic hydroxyl groups is 1. The molecule has 0 unspecified atom stereocenters. The first-order valence-electron chi connectivity index (χ1n) is 4.37. The number of hydrogen-bond donors (Lipinski definition) is 2. The predicted octanol–water partition coefficient (Wildman–Crippen LogP) is 2.29. The maximum Gasteiger partial charge on any atom is 0.294 e. The lowest BCUT2D eigenvalue weighted by Gasteiger charge is -2.05. The van der Waals surface area contributed by atoms with Crippen molar-refractivity contribution in [3.63, 3.8) is 0 Å². The number of rotatable bonds is 2. The van der Waals surface area contributed by atoms with Crippen LogP contribution in [0.25, 0.3) is 0 Å². The highest BCUT2D eigenvalue weighted by molar-refractivity contribution is 6.31. The number of anilines is 1. The van der Waals surface area contributed by atoms with Gasteiger partial charge in [-0.05, 0) is 18.2 Å². The molecule has 0 aliphatic rings. The summed E-state index contributed by atoms with van der Waals surface area (Å²) >= 11 is 5.73. The lowest BCUT2D eigenvalue weighted by Crippen LogP contribution is -2.10. The number of aromatic nitrogens is 1. The van der Waals surface area contributed by atoms with Crippen molar-refractivity contribution in [2.45, 2.75) is 0 Å². The van der Waals surface area contributed by atoms with E-state index in [2.05, 4.69) is 15.0 Å². The van der Waals surface area contributed by atoms with Crippen LogP contribution >= 0.6 is 11.6 Å². The third-order valence-corrected chi connectivity index (χ3v) is 2.10. The van der Waals surface area contributed by atoms with Crippen LogP contribution in [0.15, 0.2) is 35.0 Å². The van der Waals surface area contributed by atoms with E-state index in [9.17, 15) is 9.90 Å². The largest absolute Gasteiger partial charge is 0.506 e. The van der Waals surface area contributed by atoms with E-state index in [-0.39, 0.29) is 17.2 Å². The molecule has 16 heavy (non-hydrogen) atoms. The molecule has 6 heteroatoms. The molecule has 1 amide bonds. The molecule has 0 bridgehead atoms. The van der Waals surface area contributed by atoms with E-state index < -0.39 is 5.91 Å². The van der Waals surface area contributed by atoms with E-state index in [1.165, 1.54) is 30.5 Å². The van der Waals surface area contributed by atoms with E-state index in [1.807, 2.05) is 0 Å². The van der Waals surface area contributed by atoms with E-state index in [0.717, 1.165) is 0 Å². The molecule has 0 fully saturated rings. The number of nitrogens with one attached hydrogen (secondary N) is 1. The summed E-state index contributed by atoms with van der Waals surface area (Å²) in [5.74, 6) is -0.522. The van der Waals surface area contributed by atoms with Crippen LogP contribution in [0.1, 0.15) is 10.6 Å². The zero-order chi connectivity index (χ0) is 11.5. The second kappa shape index (κ2) is 4.24. The smallest absolute Gasteiger partial charge is 0.294 e. The van der Waals surface area contributed by atoms with Gasteiger partial charge in [0.2, 0.25) is 5.76 Å². The average Bonchev–Trinajstić information content (AvgIpc) is 2.76. The Labute approximate surface area is 95.6 Å². The van der Waals surface area contributed by atoms with Crippen LogP contribution in [-0.4, -0.2) is 16.2 Å². The minimum absolute atomic E-state index is 0.0550. The van der Waals surface area contributed by atoms with Crippen molar-refractivity contribution in [1.82, 2.24) is 5.16 Å². The monoisotopic (exact) mass is 238 g/mol. The molecular weight excluding hydrogens is 232 g/mol. The van der Waals surface area contributed by atoms with Crippen molar-refractivity contribution < 1.29 is 14.4 Å². The van der Waals surface area contributed by atoms with Gasteiger partial charge in [-0.2, -0.15) is 0 Å². The van der Waals surface area contributed by atoms with Crippen LogP contribution in [0.4, 0.5) is 5.69 Å². The second-order valence-electron chi connectivity index (χ2n) is 2.99. The fourth-order valence-electron chi connectivity index (χ4n) is 1.13. The van der Waals surface area contributed by atoms with Crippen LogP contribution < -0.4 is 5.32 Å². The van der Waals surface area contributed by atoms with Gasteiger partial charge >= 0.3 is 0 Å². The molecule has 0 aliphatic carbocycles. The minimum atomic E-state index is -0.505. The van der Waals surface area contributed by atoms with Crippen molar-refractivity contribution in [3.8, 4) is 5.75 Å². The van der Waals surface area contributed by atoms with Gasteiger partial charge in [-0.15, -0.1) is 0 Å². The Morgan fingerprint density at radius 2 is 2.25 bits per heavy atom. The van der Waals surface area contributed by atoms with E-state index >= 15 is 0 Å². The molecule has 1 aromatic heterocycles. The normalized spacial score (nSPS) is 10.1. The Hall–Kier alpha value is -2.01. The van der Waals surface area contributed by atoms with Gasteiger partial charge in [0, 0.05) is 11.1 Å². The first-order valence-corrected chi connectivity index (χ1v) is 4.75. The summed E-state index contributed by atoms with van der Waals surface area (Å²) in [6, 6.07) is 5.75. The van der Waals surface area contributed by atoms with E-state index in [0.29, 0.717) is 5.02 Å². The van der Waals surface area contributed by atoms with Crippen molar-refractivity contribution in [2.24, 2.45) is 0 Å². The van der Waals surface area contributed by atoms with Crippen LogP contribution in [0.5, 0.6) is 5.75 Å². The molecule has 0 saturated carbocycles. The minimum Gasteiger partial charge on any atom is -0.506 e. The van der Waals surface area contributed by atoms with Gasteiger partial charge in [-0.3, -0.25) is 4.79 Å². The van der Waals surface area contributed by atoms with Crippen LogP contribution in [0.2, 0.25) is 5.02 Å². The fraction of sp³-hybridized carbons (Fsp3) is 0. The number of carbonyl (C=O) groups excluding carboxylic acids is 1. The number of halogens is 1. The summed E-state index contributed by atoms with van der Waals surface area (Å²) in [5, 5.41) is 15.7. The molecule has 5 nitrogen and oxygen atoms in total. The third-order valence-electron chi connectivity index (χ3n) is 1.87. The van der Waals surface area contributed by atoms with Gasteiger partial charge in [-0.25, -0.2) is 0 Å². The van der Waals surface area contributed by atoms with Gasteiger partial charge in [0.05, 0.1) is 11.9 Å². The Morgan fingerprint density at radius 1 is 1.44 bits per heavy atom. The summed E-state index contributed by atoms with van der Waals surface area (Å²) in [6.07, 6.45) is 1.35. The highest BCUT2D eigenvalue weighted by Crippen LogP contribution is 2.26. The molecule has 0 spiro atoms. The Kier molecular flexibility index (Phi) is 2.78. The lowest BCUT2D eigenvalue weighted by atomic mass is 10.3. The van der Waals surface area contributed by atoms with Crippen LogP contribution in [0.3, 0.4) is 0 Å². The van der Waals surface area contributed by atoms with Gasteiger partial charge < -0.3 is 14.9 Å². The molecule has 0 radical (unpaired) electrons. The Balaban J connectivity index is 2.21. The number of hydrogen-bond acceptors (Lipinski definition) is 4. The second-order valence-corrected chi connectivity index (χ2v) is 3.43. The van der Waals surface area contributed by atoms with Crippen LogP contribution in [0, 0.1) is 0 Å². The maximum atomic E-state index is 11.5. The topological polar surface area (TPSA) is 75.4 Å². The van der Waals surface area contributed by atoms with Crippen molar-refractivity contribution in [3.05, 3.63) is 41.2 Å². The summed E-state index contributed by atoms with van der Waals surface area (Å²) in [4.78, 5) is 11.5. The molecule has 1 heterocycles. The number of phenolic OH excluding ortho intramolecular Hbond substituents is 1. The van der Waals surface area contributed by atoms with Crippen molar-refractivity contribution >= 4 is 23.2 Å². The fourth-order valence-corrected chi connectivity index (χ4v) is 1.30. The number of carbonyl (C=O) groups is 1. The predicted molar refractivity (Wildman–Crippen MR) is 57.6 cm³/mol.